The summed E-state index contributed by atoms with van der Waals surface area (Å²) in [5.74, 6) is 0.0150. The number of rotatable bonds is 1. The molecular weight excluding hydrogens is 174 g/mol. The quantitative estimate of drug-likeness (QED) is 0.639. The van der Waals surface area contributed by atoms with Gasteiger partial charge in [-0.25, -0.2) is 0 Å². The van der Waals surface area contributed by atoms with Gasteiger partial charge in [-0.1, -0.05) is 24.3 Å². The Labute approximate surface area is 82.6 Å². The first kappa shape index (κ1) is 8.88. The van der Waals surface area contributed by atoms with Gasteiger partial charge in [-0.15, -0.1) is 0 Å². The Hall–Kier alpha value is -1.70. The summed E-state index contributed by atoms with van der Waals surface area (Å²) in [6, 6.07) is 7.85. The third kappa shape index (κ3) is 1.29. The van der Waals surface area contributed by atoms with Crippen molar-refractivity contribution in [2.45, 2.75) is 13.8 Å². The van der Waals surface area contributed by atoms with Crippen LogP contribution in [0.4, 0.5) is 0 Å². The highest BCUT2D eigenvalue weighted by molar-refractivity contribution is 6.05. The van der Waals surface area contributed by atoms with Gasteiger partial charge in [0.1, 0.15) is 5.69 Å². The number of aromatic nitrogens is 1. The minimum atomic E-state index is 0.0150. The molecule has 2 rings (SSSR count). The number of pyridine rings is 1. The molecule has 2 aromatic rings. The largest absolute Gasteiger partial charge is 0.293 e. The van der Waals surface area contributed by atoms with Crippen LogP contribution in [0.1, 0.15) is 23.0 Å². The van der Waals surface area contributed by atoms with E-state index in [1.54, 1.807) is 13.1 Å². The number of carbonyl (C=O) groups is 1. The van der Waals surface area contributed by atoms with E-state index in [4.69, 9.17) is 0 Å². The van der Waals surface area contributed by atoms with Crippen molar-refractivity contribution in [1.29, 1.82) is 0 Å². The molecule has 0 amide bonds. The average molecular weight is 185 g/mol. The maximum Gasteiger partial charge on any atom is 0.178 e. The van der Waals surface area contributed by atoms with Crippen molar-refractivity contribution in [3.05, 3.63) is 41.7 Å². The van der Waals surface area contributed by atoms with Gasteiger partial charge >= 0.3 is 0 Å². The minimum Gasteiger partial charge on any atom is -0.293 e. The van der Waals surface area contributed by atoms with Gasteiger partial charge < -0.3 is 0 Å². The van der Waals surface area contributed by atoms with E-state index in [0.29, 0.717) is 5.69 Å². The Balaban J connectivity index is 2.88. The predicted octanol–water partition coefficient (Wildman–Crippen LogP) is 2.75. The normalized spacial score (nSPS) is 10.4. The van der Waals surface area contributed by atoms with Gasteiger partial charge in [-0.05, 0) is 17.9 Å². The van der Waals surface area contributed by atoms with Crippen LogP contribution < -0.4 is 0 Å². The molecule has 0 bridgehead atoms. The molecule has 14 heavy (non-hydrogen) atoms. The summed E-state index contributed by atoms with van der Waals surface area (Å²) in [4.78, 5) is 15.5. The van der Waals surface area contributed by atoms with E-state index in [1.165, 1.54) is 0 Å². The Bertz CT molecular complexity index is 503. The number of ketones is 1. The molecule has 0 saturated carbocycles. The van der Waals surface area contributed by atoms with Crippen LogP contribution in [0.25, 0.3) is 10.8 Å². The van der Waals surface area contributed by atoms with Crippen LogP contribution in [0.2, 0.25) is 0 Å². The van der Waals surface area contributed by atoms with Gasteiger partial charge in [-0.3, -0.25) is 9.78 Å². The van der Waals surface area contributed by atoms with E-state index in [0.717, 1.165) is 16.3 Å². The van der Waals surface area contributed by atoms with Crippen molar-refractivity contribution in [2.24, 2.45) is 0 Å². The lowest BCUT2D eigenvalue weighted by atomic mass is 10.0. The molecule has 0 unspecified atom stereocenters. The average Bonchev–Trinajstić information content (AvgIpc) is 2.18. The van der Waals surface area contributed by atoms with Crippen LogP contribution in [-0.4, -0.2) is 10.8 Å². The molecule has 2 nitrogen and oxygen atoms in total. The number of hydrogen-bond acceptors (Lipinski definition) is 2. The van der Waals surface area contributed by atoms with Crippen molar-refractivity contribution in [1.82, 2.24) is 4.98 Å². The summed E-state index contributed by atoms with van der Waals surface area (Å²) in [6.45, 7) is 3.54. The summed E-state index contributed by atoms with van der Waals surface area (Å²) >= 11 is 0. The second-order valence-corrected chi connectivity index (χ2v) is 3.39. The summed E-state index contributed by atoms with van der Waals surface area (Å²) in [5.41, 5.74) is 1.66. The van der Waals surface area contributed by atoms with Crippen LogP contribution in [0.3, 0.4) is 0 Å². The standard InChI is InChI=1S/C12H11NO/c1-8-7-13-12(9(2)14)11-6-4-3-5-10(8)11/h3-7H,1-2H3. The van der Waals surface area contributed by atoms with Crippen molar-refractivity contribution in [3.63, 3.8) is 0 Å². The van der Waals surface area contributed by atoms with E-state index in [1.807, 2.05) is 31.2 Å². The van der Waals surface area contributed by atoms with Crippen LogP contribution >= 0.6 is 0 Å². The molecule has 0 atom stereocenters. The monoisotopic (exact) mass is 185 g/mol. The fraction of sp³-hybridized carbons (Fsp3) is 0.167. The Morgan fingerprint density at radius 1 is 1.21 bits per heavy atom. The number of benzene rings is 1. The zero-order valence-corrected chi connectivity index (χ0v) is 8.24. The summed E-state index contributed by atoms with van der Waals surface area (Å²) in [5, 5.41) is 2.05. The Morgan fingerprint density at radius 3 is 2.50 bits per heavy atom. The molecule has 0 aliphatic rings. The van der Waals surface area contributed by atoms with Crippen molar-refractivity contribution < 1.29 is 4.79 Å². The molecule has 0 saturated heterocycles. The molecule has 2 heteroatoms. The molecule has 1 aromatic heterocycles. The first-order valence-corrected chi connectivity index (χ1v) is 4.55. The van der Waals surface area contributed by atoms with E-state index < -0.39 is 0 Å². The number of hydrogen-bond donors (Lipinski definition) is 0. The van der Waals surface area contributed by atoms with Crippen molar-refractivity contribution >= 4 is 16.6 Å². The molecule has 0 N–H and O–H groups in total. The van der Waals surface area contributed by atoms with Gasteiger partial charge in [0.05, 0.1) is 0 Å². The third-order valence-electron chi connectivity index (χ3n) is 2.33. The minimum absolute atomic E-state index is 0.0150. The highest BCUT2D eigenvalue weighted by atomic mass is 16.1. The molecule has 1 heterocycles. The lowest BCUT2D eigenvalue weighted by Gasteiger charge is -2.04. The van der Waals surface area contributed by atoms with Crippen LogP contribution in [-0.2, 0) is 0 Å². The van der Waals surface area contributed by atoms with E-state index in [-0.39, 0.29) is 5.78 Å². The van der Waals surface area contributed by atoms with Crippen molar-refractivity contribution in [2.75, 3.05) is 0 Å². The summed E-state index contributed by atoms with van der Waals surface area (Å²) in [7, 11) is 0. The van der Waals surface area contributed by atoms with Gasteiger partial charge in [0.15, 0.2) is 5.78 Å². The van der Waals surface area contributed by atoms with Crippen molar-refractivity contribution in [3.8, 4) is 0 Å². The van der Waals surface area contributed by atoms with E-state index >= 15 is 0 Å². The first-order valence-electron chi connectivity index (χ1n) is 4.55. The Morgan fingerprint density at radius 2 is 1.86 bits per heavy atom. The topological polar surface area (TPSA) is 30.0 Å². The summed E-state index contributed by atoms with van der Waals surface area (Å²) in [6.07, 6.45) is 1.75. The molecule has 70 valence electrons. The molecule has 0 fully saturated rings. The van der Waals surface area contributed by atoms with Crippen LogP contribution in [0, 0.1) is 6.92 Å². The van der Waals surface area contributed by atoms with Gasteiger partial charge in [0.25, 0.3) is 0 Å². The molecule has 0 aliphatic carbocycles. The van der Waals surface area contributed by atoms with Gasteiger partial charge in [0.2, 0.25) is 0 Å². The number of nitrogens with zero attached hydrogens (tertiary/aromatic N) is 1. The van der Waals surface area contributed by atoms with E-state index in [2.05, 4.69) is 4.98 Å². The number of fused-ring (bicyclic) bond motifs is 1. The number of Topliss-reactive ketones (excluding diaryl/α,β-unsaturated/α-hetero) is 1. The van der Waals surface area contributed by atoms with Gasteiger partial charge in [-0.2, -0.15) is 0 Å². The molecule has 0 aliphatic heterocycles. The smallest absolute Gasteiger partial charge is 0.178 e. The maximum atomic E-state index is 11.3. The zero-order valence-electron chi connectivity index (χ0n) is 8.24. The second-order valence-electron chi connectivity index (χ2n) is 3.39. The molecule has 1 aromatic carbocycles. The zero-order chi connectivity index (χ0) is 10.1. The maximum absolute atomic E-state index is 11.3. The second kappa shape index (κ2) is 3.22. The first-order chi connectivity index (χ1) is 6.70. The molecule has 0 radical (unpaired) electrons. The lowest BCUT2D eigenvalue weighted by Crippen LogP contribution is -1.98. The van der Waals surface area contributed by atoms with Crippen LogP contribution in [0.5, 0.6) is 0 Å². The fourth-order valence-electron chi connectivity index (χ4n) is 1.61. The molecule has 0 spiro atoms. The number of carbonyl (C=O) groups excluding carboxylic acids is 1. The number of aryl methyl sites for hydroxylation is 1. The van der Waals surface area contributed by atoms with Gasteiger partial charge in [0, 0.05) is 18.5 Å². The third-order valence-corrected chi connectivity index (χ3v) is 2.33. The highest BCUT2D eigenvalue weighted by Gasteiger charge is 2.07. The van der Waals surface area contributed by atoms with E-state index in [9.17, 15) is 4.79 Å². The molecular formula is C12H11NO. The van der Waals surface area contributed by atoms with Crippen LogP contribution in [0.15, 0.2) is 30.5 Å². The lowest BCUT2D eigenvalue weighted by molar-refractivity contribution is 0.101. The fourth-order valence-corrected chi connectivity index (χ4v) is 1.61. The highest BCUT2D eigenvalue weighted by Crippen LogP contribution is 2.20. The predicted molar refractivity (Wildman–Crippen MR) is 56.5 cm³/mol. The summed E-state index contributed by atoms with van der Waals surface area (Å²) < 4.78 is 0. The SMILES string of the molecule is CC(=O)c1ncc(C)c2ccccc12. The Kier molecular flexibility index (Phi) is 2.04.